The Morgan fingerprint density at radius 2 is 2.00 bits per heavy atom. The van der Waals surface area contributed by atoms with Crippen molar-refractivity contribution in [3.63, 3.8) is 0 Å². The maximum absolute atomic E-state index is 5.81. The van der Waals surface area contributed by atoms with Crippen molar-refractivity contribution in [3.8, 4) is 0 Å². The van der Waals surface area contributed by atoms with Crippen LogP contribution in [0.25, 0.3) is 0 Å². The highest BCUT2D eigenvalue weighted by atomic mass is 16.5. The average Bonchev–Trinajstić information content (AvgIpc) is 1.96. The summed E-state index contributed by atoms with van der Waals surface area (Å²) in [5, 5.41) is 0. The molecule has 0 spiro atoms. The van der Waals surface area contributed by atoms with Crippen molar-refractivity contribution in [2.75, 3.05) is 19.8 Å². The second kappa shape index (κ2) is 3.49. The van der Waals surface area contributed by atoms with E-state index in [2.05, 4.69) is 13.8 Å². The van der Waals surface area contributed by atoms with Gasteiger partial charge in [-0.3, -0.25) is 0 Å². The SMILES string of the molecule is CC(C)(CN)CC1(C2CCC2)COC1. The fourth-order valence-corrected chi connectivity index (χ4v) is 2.89. The van der Waals surface area contributed by atoms with Crippen LogP contribution in [0.15, 0.2) is 0 Å². The fourth-order valence-electron chi connectivity index (χ4n) is 2.89. The van der Waals surface area contributed by atoms with E-state index >= 15 is 0 Å². The number of hydrogen-bond donors (Lipinski definition) is 1. The molecule has 2 aliphatic rings. The molecule has 2 heteroatoms. The predicted molar refractivity (Wildman–Crippen MR) is 58.0 cm³/mol. The van der Waals surface area contributed by atoms with E-state index in [-0.39, 0.29) is 0 Å². The van der Waals surface area contributed by atoms with E-state index in [4.69, 9.17) is 10.5 Å². The summed E-state index contributed by atoms with van der Waals surface area (Å²) >= 11 is 0. The Morgan fingerprint density at radius 1 is 1.36 bits per heavy atom. The van der Waals surface area contributed by atoms with Crippen LogP contribution in [0.1, 0.15) is 39.5 Å². The van der Waals surface area contributed by atoms with Crippen LogP contribution >= 0.6 is 0 Å². The summed E-state index contributed by atoms with van der Waals surface area (Å²) in [6.07, 6.45) is 5.52. The minimum absolute atomic E-state index is 0.291. The normalized spacial score (nSPS) is 26.8. The molecule has 2 N–H and O–H groups in total. The molecule has 0 aromatic carbocycles. The molecule has 14 heavy (non-hydrogen) atoms. The monoisotopic (exact) mass is 197 g/mol. The van der Waals surface area contributed by atoms with Gasteiger partial charge in [-0.25, -0.2) is 0 Å². The van der Waals surface area contributed by atoms with E-state index in [0.717, 1.165) is 25.7 Å². The lowest BCUT2D eigenvalue weighted by Gasteiger charge is -2.53. The molecule has 1 aliphatic heterocycles. The van der Waals surface area contributed by atoms with Crippen molar-refractivity contribution in [1.82, 2.24) is 0 Å². The van der Waals surface area contributed by atoms with Crippen LogP contribution < -0.4 is 5.73 Å². The van der Waals surface area contributed by atoms with Crippen molar-refractivity contribution < 1.29 is 4.74 Å². The molecule has 2 fully saturated rings. The van der Waals surface area contributed by atoms with Gasteiger partial charge < -0.3 is 10.5 Å². The quantitative estimate of drug-likeness (QED) is 0.749. The summed E-state index contributed by atoms with van der Waals surface area (Å²) in [5.74, 6) is 0.932. The van der Waals surface area contributed by atoms with Gasteiger partial charge in [0.05, 0.1) is 13.2 Å². The molecule has 0 aromatic heterocycles. The maximum Gasteiger partial charge on any atom is 0.0547 e. The number of hydrogen-bond acceptors (Lipinski definition) is 2. The lowest BCUT2D eigenvalue weighted by molar-refractivity contribution is -0.178. The van der Waals surface area contributed by atoms with Crippen LogP contribution in [0.2, 0.25) is 0 Å². The third-order valence-corrected chi connectivity index (χ3v) is 4.13. The molecule has 82 valence electrons. The molecule has 2 rings (SSSR count). The topological polar surface area (TPSA) is 35.2 Å². The minimum Gasteiger partial charge on any atom is -0.380 e. The Hall–Kier alpha value is -0.0800. The van der Waals surface area contributed by atoms with Gasteiger partial charge in [0.25, 0.3) is 0 Å². The summed E-state index contributed by atoms with van der Waals surface area (Å²) in [5.41, 5.74) is 6.60. The number of rotatable bonds is 4. The molecule has 0 aromatic rings. The predicted octanol–water partition coefficient (Wildman–Crippen LogP) is 2.18. The van der Waals surface area contributed by atoms with Crippen molar-refractivity contribution >= 4 is 0 Å². The Balaban J connectivity index is 1.98. The molecule has 0 unspecified atom stereocenters. The van der Waals surface area contributed by atoms with Gasteiger partial charge in [0.1, 0.15) is 0 Å². The highest BCUT2D eigenvalue weighted by Gasteiger charge is 2.49. The number of nitrogens with two attached hydrogens (primary N) is 1. The first-order valence-electron chi connectivity index (χ1n) is 5.86. The van der Waals surface area contributed by atoms with Crippen molar-refractivity contribution in [2.24, 2.45) is 22.5 Å². The number of ether oxygens (including phenoxy) is 1. The van der Waals surface area contributed by atoms with Crippen LogP contribution in [-0.4, -0.2) is 19.8 Å². The van der Waals surface area contributed by atoms with E-state index < -0.39 is 0 Å². The van der Waals surface area contributed by atoms with Gasteiger partial charge in [-0.2, -0.15) is 0 Å². The molecule has 2 nitrogen and oxygen atoms in total. The van der Waals surface area contributed by atoms with Crippen LogP contribution in [-0.2, 0) is 4.74 Å². The lowest BCUT2D eigenvalue weighted by Crippen LogP contribution is -2.53. The molecule has 1 saturated carbocycles. The molecule has 1 aliphatic carbocycles. The van der Waals surface area contributed by atoms with Crippen LogP contribution in [0.3, 0.4) is 0 Å². The second-order valence-corrected chi connectivity index (χ2v) is 6.03. The maximum atomic E-state index is 5.81. The Bertz CT molecular complexity index is 204. The summed E-state index contributed by atoms with van der Waals surface area (Å²) in [6, 6.07) is 0. The molecule has 1 saturated heterocycles. The van der Waals surface area contributed by atoms with Gasteiger partial charge in [-0.05, 0) is 37.1 Å². The zero-order valence-electron chi connectivity index (χ0n) is 9.51. The molecular weight excluding hydrogens is 174 g/mol. The Labute approximate surface area is 87.2 Å². The van der Waals surface area contributed by atoms with Gasteiger partial charge in [0.2, 0.25) is 0 Å². The summed E-state index contributed by atoms with van der Waals surface area (Å²) in [7, 11) is 0. The third-order valence-electron chi connectivity index (χ3n) is 4.13. The van der Waals surface area contributed by atoms with E-state index in [1.807, 2.05) is 0 Å². The largest absolute Gasteiger partial charge is 0.380 e. The lowest BCUT2D eigenvalue weighted by atomic mass is 9.58. The van der Waals surface area contributed by atoms with E-state index in [0.29, 0.717) is 10.8 Å². The highest BCUT2D eigenvalue weighted by molar-refractivity contribution is 4.98. The van der Waals surface area contributed by atoms with Gasteiger partial charge in [0, 0.05) is 5.41 Å². The standard InChI is InChI=1S/C12H23NO/c1-11(2,7-13)6-12(8-14-9-12)10-4-3-5-10/h10H,3-9,13H2,1-2H3. The average molecular weight is 197 g/mol. The Kier molecular flexibility index (Phi) is 2.61. The van der Waals surface area contributed by atoms with E-state index in [1.165, 1.54) is 25.7 Å². The first kappa shape index (κ1) is 10.4. The zero-order chi connectivity index (χ0) is 10.2. The van der Waals surface area contributed by atoms with Crippen LogP contribution in [0, 0.1) is 16.7 Å². The minimum atomic E-state index is 0.291. The van der Waals surface area contributed by atoms with Crippen LogP contribution in [0.4, 0.5) is 0 Å². The molecule has 0 atom stereocenters. The third kappa shape index (κ3) is 1.70. The van der Waals surface area contributed by atoms with Gasteiger partial charge in [0.15, 0.2) is 0 Å². The van der Waals surface area contributed by atoms with Crippen LogP contribution in [0.5, 0.6) is 0 Å². The van der Waals surface area contributed by atoms with Gasteiger partial charge in [-0.15, -0.1) is 0 Å². The first-order valence-corrected chi connectivity index (χ1v) is 5.86. The zero-order valence-corrected chi connectivity index (χ0v) is 9.51. The van der Waals surface area contributed by atoms with Crippen molar-refractivity contribution in [2.45, 2.75) is 39.5 Å². The highest BCUT2D eigenvalue weighted by Crippen LogP contribution is 2.52. The second-order valence-electron chi connectivity index (χ2n) is 6.03. The molecule has 0 amide bonds. The summed E-state index contributed by atoms with van der Waals surface area (Å²) in [4.78, 5) is 0. The molecular formula is C12H23NO. The Morgan fingerprint density at radius 3 is 2.29 bits per heavy atom. The van der Waals surface area contributed by atoms with E-state index in [9.17, 15) is 0 Å². The smallest absolute Gasteiger partial charge is 0.0547 e. The van der Waals surface area contributed by atoms with Crippen molar-refractivity contribution in [3.05, 3.63) is 0 Å². The van der Waals surface area contributed by atoms with Crippen molar-refractivity contribution in [1.29, 1.82) is 0 Å². The fraction of sp³-hybridized carbons (Fsp3) is 1.00. The molecule has 1 heterocycles. The molecule has 0 radical (unpaired) electrons. The summed E-state index contributed by atoms with van der Waals surface area (Å²) < 4.78 is 5.44. The first-order chi connectivity index (χ1) is 6.58. The van der Waals surface area contributed by atoms with E-state index in [1.54, 1.807) is 0 Å². The molecule has 0 bridgehead atoms. The van der Waals surface area contributed by atoms with Gasteiger partial charge >= 0.3 is 0 Å². The summed E-state index contributed by atoms with van der Waals surface area (Å²) in [6.45, 7) is 7.33. The van der Waals surface area contributed by atoms with Gasteiger partial charge in [-0.1, -0.05) is 20.3 Å².